The number of nitrogens with zero attached hydrogens (tertiary/aromatic N) is 2. The first-order valence-corrected chi connectivity index (χ1v) is 15.7. The average Bonchev–Trinajstić information content (AvgIpc) is 3.53. The van der Waals surface area contributed by atoms with Gasteiger partial charge >= 0.3 is 12.1 Å². The van der Waals surface area contributed by atoms with E-state index in [9.17, 15) is 4.79 Å². The second-order valence-electron chi connectivity index (χ2n) is 12.4. The minimum Gasteiger partial charge on any atom is -0.469 e. The first-order chi connectivity index (χ1) is 21.8. The zero-order valence-corrected chi connectivity index (χ0v) is 26.8. The van der Waals surface area contributed by atoms with E-state index in [4.69, 9.17) is 0 Å². The fourth-order valence-electron chi connectivity index (χ4n) is 7.17. The van der Waals surface area contributed by atoms with E-state index in [1.165, 1.54) is 84.5 Å². The Labute approximate surface area is 264 Å². The summed E-state index contributed by atoms with van der Waals surface area (Å²) in [4.78, 5) is 10.3. The summed E-state index contributed by atoms with van der Waals surface area (Å²) in [6.07, 6.45) is 0.0950. The summed E-state index contributed by atoms with van der Waals surface area (Å²) in [6.45, 7) is 10.5. The third-order valence-electron chi connectivity index (χ3n) is 9.23. The average molecular weight is 591 g/mol. The highest BCUT2D eigenvalue weighted by atomic mass is 16.5. The van der Waals surface area contributed by atoms with Crippen molar-refractivity contribution in [3.8, 4) is 0 Å². The molecular formula is C41H38N2O2+2. The van der Waals surface area contributed by atoms with Crippen molar-refractivity contribution in [3.63, 3.8) is 0 Å². The van der Waals surface area contributed by atoms with Crippen molar-refractivity contribution in [2.45, 2.75) is 40.8 Å². The molecule has 45 heavy (non-hydrogen) atoms. The molecular weight excluding hydrogens is 552 g/mol. The number of ether oxygens (including phenoxy) is 1. The van der Waals surface area contributed by atoms with Gasteiger partial charge in [-0.3, -0.25) is 4.79 Å². The van der Waals surface area contributed by atoms with Gasteiger partial charge in [-0.1, -0.05) is 98.8 Å². The summed E-state index contributed by atoms with van der Waals surface area (Å²) >= 11 is 0. The molecule has 0 atom stereocenters. The van der Waals surface area contributed by atoms with Crippen LogP contribution in [0.3, 0.4) is 0 Å². The maximum atomic E-state index is 10.3. The van der Waals surface area contributed by atoms with E-state index in [1.807, 2.05) is 0 Å². The quantitative estimate of drug-likeness (QED) is 0.152. The molecule has 0 saturated carbocycles. The number of aryl methyl sites for hydroxylation is 2. The van der Waals surface area contributed by atoms with Gasteiger partial charge in [0.15, 0.2) is 0 Å². The SMILES string of the molecule is COC(=O)C(C)C.Cc1ccc2ccccc2c1[N+]1=C2C(=[N+](c3c(C)ccc4ccccc34)C1C)c1cccc3cccc2c13. The van der Waals surface area contributed by atoms with Crippen LogP contribution < -0.4 is 0 Å². The van der Waals surface area contributed by atoms with Gasteiger partial charge in [-0.2, -0.15) is 0 Å². The Morgan fingerprint density at radius 1 is 0.622 bits per heavy atom. The van der Waals surface area contributed by atoms with Crippen molar-refractivity contribution < 1.29 is 18.7 Å². The highest BCUT2D eigenvalue weighted by Crippen LogP contribution is 2.43. The van der Waals surface area contributed by atoms with Crippen molar-refractivity contribution in [2.24, 2.45) is 5.92 Å². The predicted octanol–water partition coefficient (Wildman–Crippen LogP) is 9.22. The lowest BCUT2D eigenvalue weighted by Gasteiger charge is -2.13. The number of hydrogen-bond donors (Lipinski definition) is 0. The Hall–Kier alpha value is -5.09. The van der Waals surface area contributed by atoms with Crippen molar-refractivity contribution >= 4 is 61.1 Å². The van der Waals surface area contributed by atoms with Crippen LogP contribution in [0.1, 0.15) is 43.0 Å². The lowest BCUT2D eigenvalue weighted by atomic mass is 10.0. The van der Waals surface area contributed by atoms with Crippen molar-refractivity contribution in [1.82, 2.24) is 0 Å². The highest BCUT2D eigenvalue weighted by molar-refractivity contribution is 6.58. The molecule has 0 spiro atoms. The summed E-state index contributed by atoms with van der Waals surface area (Å²) in [5, 5.41) is 7.80. The molecule has 0 radical (unpaired) electrons. The molecule has 8 rings (SSSR count). The minimum absolute atomic E-state index is 0.00463. The maximum Gasteiger partial charge on any atom is 0.351 e. The van der Waals surface area contributed by atoms with Gasteiger partial charge in [-0.25, -0.2) is 0 Å². The van der Waals surface area contributed by atoms with Crippen LogP contribution in [0.5, 0.6) is 0 Å². The maximum absolute atomic E-state index is 10.3. The molecule has 0 saturated heterocycles. The Balaban J connectivity index is 0.000000420. The Morgan fingerprint density at radius 2 is 1.07 bits per heavy atom. The van der Waals surface area contributed by atoms with Crippen LogP contribution in [-0.2, 0) is 9.53 Å². The Kier molecular flexibility index (Phi) is 7.08. The summed E-state index contributed by atoms with van der Waals surface area (Å²) in [5.41, 5.74) is 10.5. The van der Waals surface area contributed by atoms with Gasteiger partial charge in [-0.15, -0.1) is 9.15 Å². The molecule has 1 aliphatic carbocycles. The number of hydrogen-bond acceptors (Lipinski definition) is 2. The molecule has 0 N–H and O–H groups in total. The summed E-state index contributed by atoms with van der Waals surface area (Å²) < 4.78 is 9.60. The number of carbonyl (C=O) groups is 1. The molecule has 0 amide bonds. The van der Waals surface area contributed by atoms with Crippen LogP contribution in [-0.4, -0.2) is 39.8 Å². The van der Waals surface area contributed by atoms with E-state index in [0.29, 0.717) is 0 Å². The molecule has 2 aliphatic rings. The van der Waals surface area contributed by atoms with E-state index in [-0.39, 0.29) is 18.1 Å². The fraction of sp³-hybridized carbons (Fsp3) is 0.195. The first kappa shape index (κ1) is 28.7. The Morgan fingerprint density at radius 3 is 1.49 bits per heavy atom. The molecule has 6 aromatic rings. The van der Waals surface area contributed by atoms with Crippen LogP contribution in [0.4, 0.5) is 11.4 Å². The van der Waals surface area contributed by atoms with Crippen LogP contribution in [0.15, 0.2) is 109 Å². The third-order valence-corrected chi connectivity index (χ3v) is 9.23. The predicted molar refractivity (Wildman–Crippen MR) is 186 cm³/mol. The van der Waals surface area contributed by atoms with Crippen molar-refractivity contribution in [3.05, 3.63) is 131 Å². The van der Waals surface area contributed by atoms with E-state index in [0.717, 1.165) is 0 Å². The lowest BCUT2D eigenvalue weighted by Crippen LogP contribution is -2.27. The molecule has 1 heterocycles. The topological polar surface area (TPSA) is 32.3 Å². The minimum atomic E-state index is -0.153. The van der Waals surface area contributed by atoms with Gasteiger partial charge in [0.1, 0.15) is 0 Å². The largest absolute Gasteiger partial charge is 0.469 e. The zero-order chi connectivity index (χ0) is 31.4. The number of benzene rings is 6. The zero-order valence-electron chi connectivity index (χ0n) is 26.8. The first-order valence-electron chi connectivity index (χ1n) is 15.7. The molecule has 1 aliphatic heterocycles. The molecule has 6 aromatic carbocycles. The van der Waals surface area contributed by atoms with Crippen molar-refractivity contribution in [2.75, 3.05) is 7.11 Å². The molecule has 0 fully saturated rings. The fourth-order valence-corrected chi connectivity index (χ4v) is 7.17. The number of fused-ring (bicyclic) bond motifs is 5. The highest BCUT2D eigenvalue weighted by Gasteiger charge is 2.54. The van der Waals surface area contributed by atoms with Crippen LogP contribution >= 0.6 is 0 Å². The molecule has 4 heteroatoms. The van der Waals surface area contributed by atoms with E-state index < -0.39 is 0 Å². The van der Waals surface area contributed by atoms with E-state index in [1.54, 1.807) is 13.8 Å². The standard InChI is InChI=1S/C36H28N2.C5H10O2/c1-22-18-20-25-10-4-6-14-28(25)33(22)37-24(3)38(34-23(2)19-21-26-11-5-7-15-29(26)34)36-31-17-9-13-27-12-8-16-30(32(27)31)35(36)37;1-4(2)5(6)7-3/h4-21,24H,1-3H3;4H,1-3H3/q+2;. The number of carbonyl (C=O) groups excluding carboxylic acids is 1. The molecule has 4 nitrogen and oxygen atoms in total. The number of methoxy groups -OCH3 is 1. The number of rotatable bonds is 3. The Bertz CT molecular complexity index is 2090. The normalized spacial score (nSPS) is 14.0. The van der Waals surface area contributed by atoms with Gasteiger partial charge in [0, 0.05) is 16.5 Å². The lowest BCUT2D eigenvalue weighted by molar-refractivity contribution is -0.686. The van der Waals surface area contributed by atoms with Crippen molar-refractivity contribution in [1.29, 1.82) is 0 Å². The summed E-state index contributed by atoms with van der Waals surface area (Å²) in [5.74, 6) is -0.148. The third kappa shape index (κ3) is 4.47. The van der Waals surface area contributed by atoms with Gasteiger partial charge in [0.2, 0.25) is 11.4 Å². The second kappa shape index (κ2) is 11.1. The van der Waals surface area contributed by atoms with Gasteiger partial charge in [0.25, 0.3) is 11.4 Å². The second-order valence-corrected chi connectivity index (χ2v) is 12.4. The molecule has 0 aromatic heterocycles. The molecule has 0 unspecified atom stereocenters. The summed E-state index contributed by atoms with van der Waals surface area (Å²) in [6, 6.07) is 40.2. The molecule has 0 bridgehead atoms. The van der Waals surface area contributed by atoms with Crippen LogP contribution in [0.2, 0.25) is 0 Å². The van der Waals surface area contributed by atoms with Gasteiger partial charge in [0.05, 0.1) is 41.9 Å². The monoisotopic (exact) mass is 590 g/mol. The smallest absolute Gasteiger partial charge is 0.351 e. The molecule has 222 valence electrons. The summed E-state index contributed by atoms with van der Waals surface area (Å²) in [7, 11) is 1.39. The number of esters is 1. The van der Waals surface area contributed by atoms with Gasteiger partial charge in [-0.05, 0) is 54.3 Å². The van der Waals surface area contributed by atoms with Crippen LogP contribution in [0.25, 0.3) is 32.3 Å². The van der Waals surface area contributed by atoms with Gasteiger partial charge < -0.3 is 4.74 Å². The van der Waals surface area contributed by atoms with Crippen LogP contribution in [0, 0.1) is 19.8 Å². The van der Waals surface area contributed by atoms with E-state index >= 15 is 0 Å². The van der Waals surface area contributed by atoms with E-state index in [2.05, 4.69) is 144 Å².